The van der Waals surface area contributed by atoms with Gasteiger partial charge in [0.05, 0.1) is 28.0 Å². The van der Waals surface area contributed by atoms with Crippen molar-refractivity contribution < 1.29 is 28.9 Å². The van der Waals surface area contributed by atoms with E-state index in [1.54, 1.807) is 35.2 Å². The van der Waals surface area contributed by atoms with Gasteiger partial charge in [-0.05, 0) is 85.3 Å². The van der Waals surface area contributed by atoms with Crippen LogP contribution in [0.2, 0.25) is 0 Å². The minimum atomic E-state index is -0.314. The van der Waals surface area contributed by atoms with Crippen molar-refractivity contribution in [1.82, 2.24) is 19.3 Å². The Bertz CT molecular complexity index is 2740. The topological polar surface area (TPSA) is 100.0 Å². The first-order valence-electron chi connectivity index (χ1n) is 20.7. The van der Waals surface area contributed by atoms with E-state index in [2.05, 4.69) is 35.0 Å². The van der Waals surface area contributed by atoms with Crippen LogP contribution in [0.3, 0.4) is 0 Å². The lowest BCUT2D eigenvalue weighted by molar-refractivity contribution is 0.0535. The summed E-state index contributed by atoms with van der Waals surface area (Å²) in [5.74, 6) is 1.90. The Morgan fingerprint density at radius 2 is 1.43 bits per heavy atom. The third-order valence-electron chi connectivity index (χ3n) is 12.0. The summed E-state index contributed by atoms with van der Waals surface area (Å²) < 4.78 is 19.9. The molecule has 10 rings (SSSR count). The number of likely N-dealkylation sites (N-methyl/N-ethyl adjacent to an activating group) is 1. The maximum atomic E-state index is 15.3. The average molecular weight is 812 g/mol. The number of amides is 2. The van der Waals surface area contributed by atoms with Gasteiger partial charge in [-0.3, -0.25) is 19.4 Å². The monoisotopic (exact) mass is 811 g/mol. The number of para-hydroxylation sites is 2. The number of anilines is 2. The second-order valence-electron chi connectivity index (χ2n) is 15.9. The molecule has 7 aromatic rings. The number of carbonyl (C=O) groups is 2. The number of carbonyl (C=O) groups excluding carboxylic acids is 2. The third-order valence-corrected chi connectivity index (χ3v) is 12.0. The summed E-state index contributed by atoms with van der Waals surface area (Å²) in [7, 11) is 2.15. The zero-order chi connectivity index (χ0) is 41.5. The standard InChI is InChI=1S/C50H45N5O6/c1-51-22-24-52(25-23-51)31-38-26-34-10-5-6-11-35(34)30-53(38)49(57)43-28-47-48(60-33-59-47)29-46(43)54-32-44(42-16-7-8-17-45(42)54)50(58)55(36-18-20-39(56)21-19-36)37-12-9-15-41(27-37)61-40-13-3-2-4-14-40/h2-21,27-29,32,38,56H,22-26,30-31,33H2,1H3/t38-/m0/s1. The molecule has 306 valence electrons. The van der Waals surface area contributed by atoms with E-state index in [0.717, 1.165) is 50.2 Å². The number of fused-ring (bicyclic) bond motifs is 3. The summed E-state index contributed by atoms with van der Waals surface area (Å²) >= 11 is 0. The molecule has 0 bridgehead atoms. The van der Waals surface area contributed by atoms with Gasteiger partial charge in [-0.2, -0.15) is 0 Å². The molecule has 1 saturated heterocycles. The number of aromatic hydroxyl groups is 1. The Hall–Kier alpha value is -7.08. The fraction of sp³-hybridized carbons (Fsp3) is 0.200. The van der Waals surface area contributed by atoms with Gasteiger partial charge in [-0.25, -0.2) is 0 Å². The number of phenols is 1. The van der Waals surface area contributed by atoms with Crippen LogP contribution in [0.4, 0.5) is 11.4 Å². The van der Waals surface area contributed by atoms with Gasteiger partial charge in [0.1, 0.15) is 17.2 Å². The summed E-state index contributed by atoms with van der Waals surface area (Å²) in [6.45, 7) is 5.16. The lowest BCUT2D eigenvalue weighted by atomic mass is 9.92. The molecule has 0 aliphatic carbocycles. The normalized spacial score (nSPS) is 16.3. The molecule has 2 amide bonds. The Morgan fingerprint density at radius 3 is 2.23 bits per heavy atom. The molecule has 11 nitrogen and oxygen atoms in total. The van der Waals surface area contributed by atoms with Gasteiger partial charge < -0.3 is 33.7 Å². The molecule has 6 aromatic carbocycles. The number of phenolic OH excluding ortho intramolecular Hbond substituents is 1. The molecule has 0 radical (unpaired) electrons. The van der Waals surface area contributed by atoms with E-state index < -0.39 is 0 Å². The summed E-state index contributed by atoms with van der Waals surface area (Å²) in [6, 6.07) is 43.1. The van der Waals surface area contributed by atoms with Crippen LogP contribution in [-0.4, -0.2) is 88.8 Å². The van der Waals surface area contributed by atoms with Gasteiger partial charge in [0.2, 0.25) is 6.79 Å². The molecule has 11 heteroatoms. The van der Waals surface area contributed by atoms with Crippen molar-refractivity contribution in [3.05, 3.63) is 168 Å². The molecule has 61 heavy (non-hydrogen) atoms. The molecule has 1 aromatic heterocycles. The number of hydrogen-bond donors (Lipinski definition) is 1. The zero-order valence-electron chi connectivity index (χ0n) is 33.8. The van der Waals surface area contributed by atoms with Crippen LogP contribution in [0, 0.1) is 0 Å². The summed E-state index contributed by atoms with van der Waals surface area (Å²) in [6.07, 6.45) is 2.57. The van der Waals surface area contributed by atoms with Crippen molar-refractivity contribution in [2.24, 2.45) is 0 Å². The molecule has 4 heterocycles. The number of hydrogen-bond acceptors (Lipinski definition) is 8. The minimum absolute atomic E-state index is 0.0420. The number of benzene rings is 6. The number of ether oxygens (including phenoxy) is 3. The summed E-state index contributed by atoms with van der Waals surface area (Å²) in [5, 5.41) is 10.9. The highest BCUT2D eigenvalue weighted by Crippen LogP contribution is 2.41. The second-order valence-corrected chi connectivity index (χ2v) is 15.9. The first-order chi connectivity index (χ1) is 29.9. The van der Waals surface area contributed by atoms with Crippen molar-refractivity contribution in [3.8, 4) is 34.4 Å². The molecule has 1 atom stereocenters. The molecular formula is C50H45N5O6. The Balaban J connectivity index is 1.07. The van der Waals surface area contributed by atoms with E-state index >= 15 is 9.59 Å². The van der Waals surface area contributed by atoms with Crippen molar-refractivity contribution >= 4 is 34.1 Å². The van der Waals surface area contributed by atoms with Gasteiger partial charge >= 0.3 is 0 Å². The fourth-order valence-electron chi connectivity index (χ4n) is 8.74. The van der Waals surface area contributed by atoms with Gasteiger partial charge in [-0.1, -0.05) is 66.7 Å². The Labute approximate surface area is 354 Å². The van der Waals surface area contributed by atoms with Crippen LogP contribution in [0.15, 0.2) is 146 Å². The lowest BCUT2D eigenvalue weighted by Gasteiger charge is -2.41. The number of aromatic nitrogens is 1. The van der Waals surface area contributed by atoms with Gasteiger partial charge in [0.15, 0.2) is 11.5 Å². The zero-order valence-corrected chi connectivity index (χ0v) is 33.8. The molecular weight excluding hydrogens is 767 g/mol. The fourth-order valence-corrected chi connectivity index (χ4v) is 8.74. The number of nitrogens with zero attached hydrogens (tertiary/aromatic N) is 5. The Morgan fingerprint density at radius 1 is 0.721 bits per heavy atom. The SMILES string of the molecule is CN1CCN(C[C@@H]2Cc3ccccc3CN2C(=O)c2cc3c(cc2-n2cc(C(=O)N(c4ccc(O)cc4)c4cccc(Oc5ccccc5)c4)c4ccccc42)OCO3)CC1. The van der Waals surface area contributed by atoms with E-state index in [1.807, 2.05) is 107 Å². The van der Waals surface area contributed by atoms with Crippen molar-refractivity contribution in [2.45, 2.75) is 19.0 Å². The van der Waals surface area contributed by atoms with E-state index in [0.29, 0.717) is 63.1 Å². The van der Waals surface area contributed by atoms with Crippen molar-refractivity contribution in [2.75, 3.05) is 51.5 Å². The molecule has 3 aliphatic rings. The van der Waals surface area contributed by atoms with Crippen LogP contribution in [0.1, 0.15) is 31.8 Å². The largest absolute Gasteiger partial charge is 0.508 e. The van der Waals surface area contributed by atoms with Crippen molar-refractivity contribution in [3.63, 3.8) is 0 Å². The van der Waals surface area contributed by atoms with Crippen LogP contribution in [0.25, 0.3) is 16.6 Å². The first kappa shape index (κ1) is 38.1. The van der Waals surface area contributed by atoms with Crippen LogP contribution in [-0.2, 0) is 13.0 Å². The highest BCUT2D eigenvalue weighted by atomic mass is 16.7. The molecule has 0 spiro atoms. The third kappa shape index (κ3) is 7.54. The highest BCUT2D eigenvalue weighted by molar-refractivity contribution is 6.18. The van der Waals surface area contributed by atoms with E-state index in [9.17, 15) is 5.11 Å². The van der Waals surface area contributed by atoms with Crippen LogP contribution >= 0.6 is 0 Å². The predicted octanol–water partition coefficient (Wildman–Crippen LogP) is 8.65. The number of rotatable bonds is 9. The van der Waals surface area contributed by atoms with Crippen molar-refractivity contribution in [1.29, 1.82) is 0 Å². The maximum Gasteiger partial charge on any atom is 0.265 e. The van der Waals surface area contributed by atoms with Gasteiger partial charge in [-0.15, -0.1) is 0 Å². The average Bonchev–Trinajstić information content (AvgIpc) is 3.92. The highest BCUT2D eigenvalue weighted by Gasteiger charge is 2.35. The quantitative estimate of drug-likeness (QED) is 0.155. The smallest absolute Gasteiger partial charge is 0.265 e. The van der Waals surface area contributed by atoms with Crippen LogP contribution in [0.5, 0.6) is 28.7 Å². The maximum absolute atomic E-state index is 15.3. The molecule has 0 saturated carbocycles. The number of piperazine rings is 1. The van der Waals surface area contributed by atoms with E-state index in [-0.39, 0.29) is 30.4 Å². The molecule has 3 aliphatic heterocycles. The summed E-state index contributed by atoms with van der Waals surface area (Å²) in [5.41, 5.74) is 5.71. The lowest BCUT2D eigenvalue weighted by Crippen LogP contribution is -2.53. The van der Waals surface area contributed by atoms with E-state index in [1.165, 1.54) is 5.56 Å². The first-order valence-corrected chi connectivity index (χ1v) is 20.7. The minimum Gasteiger partial charge on any atom is -0.508 e. The molecule has 1 N–H and O–H groups in total. The van der Waals surface area contributed by atoms with Gasteiger partial charge in [0, 0.05) is 74.7 Å². The van der Waals surface area contributed by atoms with E-state index in [4.69, 9.17) is 14.2 Å². The molecule has 0 unspecified atom stereocenters. The molecule has 1 fully saturated rings. The van der Waals surface area contributed by atoms with Gasteiger partial charge in [0.25, 0.3) is 11.8 Å². The Kier molecular flexibility index (Phi) is 10.1. The van der Waals surface area contributed by atoms with Crippen LogP contribution < -0.4 is 19.1 Å². The second kappa shape index (κ2) is 16.2. The predicted molar refractivity (Wildman–Crippen MR) is 235 cm³/mol. The summed E-state index contributed by atoms with van der Waals surface area (Å²) in [4.78, 5) is 39.1.